The Hall–Kier alpha value is -1.36. The molecule has 0 aliphatic heterocycles. The maximum absolute atomic E-state index is 6.31. The summed E-state index contributed by atoms with van der Waals surface area (Å²) in [6, 6.07) is 7.63. The predicted octanol–water partition coefficient (Wildman–Crippen LogP) is 4.93. The number of rotatable bonds is 3. The van der Waals surface area contributed by atoms with Crippen molar-refractivity contribution < 1.29 is 0 Å². The van der Waals surface area contributed by atoms with Gasteiger partial charge in [0.05, 0.1) is 10.4 Å². The maximum Gasteiger partial charge on any atom is 0.165 e. The Morgan fingerprint density at radius 2 is 2.00 bits per heavy atom. The normalized spacial score (nSPS) is 16.0. The molecule has 0 radical (unpaired) electrons. The lowest BCUT2D eigenvalue weighted by Gasteiger charge is -2.13. The molecule has 0 atom stereocenters. The fraction of sp³-hybridized carbons (Fsp3) is 0.250. The van der Waals surface area contributed by atoms with Crippen molar-refractivity contribution in [1.82, 2.24) is 14.8 Å². The van der Waals surface area contributed by atoms with Gasteiger partial charge in [-0.05, 0) is 53.4 Å². The second kappa shape index (κ2) is 5.08. The van der Waals surface area contributed by atoms with Gasteiger partial charge in [0, 0.05) is 17.6 Å². The monoisotopic (exact) mass is 349 g/mol. The molecule has 0 unspecified atom stereocenters. The van der Waals surface area contributed by atoms with Crippen LogP contribution in [0, 0.1) is 0 Å². The van der Waals surface area contributed by atoms with Crippen LogP contribution >= 0.6 is 34.5 Å². The van der Waals surface area contributed by atoms with E-state index < -0.39 is 0 Å². The molecule has 6 heteroatoms. The molecular formula is C16H13Cl2N3S. The van der Waals surface area contributed by atoms with Crippen molar-refractivity contribution in [1.29, 1.82) is 0 Å². The highest BCUT2D eigenvalue weighted by Gasteiger charge is 2.50. The molecule has 1 aliphatic carbocycles. The molecular weight excluding hydrogens is 337 g/mol. The molecule has 22 heavy (non-hydrogen) atoms. The van der Waals surface area contributed by atoms with Crippen molar-refractivity contribution in [3.05, 3.63) is 56.5 Å². The number of aromatic nitrogens is 3. The zero-order valence-electron chi connectivity index (χ0n) is 11.9. The number of nitrogens with zero attached hydrogens (tertiary/aromatic N) is 3. The molecule has 0 saturated heterocycles. The Morgan fingerprint density at radius 1 is 1.18 bits per heavy atom. The van der Waals surface area contributed by atoms with Crippen LogP contribution in [0.25, 0.3) is 11.4 Å². The fourth-order valence-corrected chi connectivity index (χ4v) is 4.20. The topological polar surface area (TPSA) is 30.7 Å². The summed E-state index contributed by atoms with van der Waals surface area (Å²) in [5.41, 5.74) is 2.22. The number of halogens is 2. The summed E-state index contributed by atoms with van der Waals surface area (Å²) in [7, 11) is 2.00. The van der Waals surface area contributed by atoms with Gasteiger partial charge in [0.2, 0.25) is 0 Å². The van der Waals surface area contributed by atoms with Crippen molar-refractivity contribution in [3.8, 4) is 11.4 Å². The second-order valence-corrected chi connectivity index (χ2v) is 7.25. The molecule has 3 aromatic rings. The molecule has 0 bridgehead atoms. The minimum atomic E-state index is 0.0267. The molecule has 1 aliphatic rings. The first kappa shape index (κ1) is 14.2. The molecule has 2 aromatic heterocycles. The molecule has 112 valence electrons. The first-order chi connectivity index (χ1) is 10.6. The zero-order valence-corrected chi connectivity index (χ0v) is 14.2. The van der Waals surface area contributed by atoms with Gasteiger partial charge in [-0.1, -0.05) is 23.2 Å². The lowest BCUT2D eigenvalue weighted by molar-refractivity contribution is 0.696. The van der Waals surface area contributed by atoms with Crippen LogP contribution in [0.15, 0.2) is 35.0 Å². The van der Waals surface area contributed by atoms with Crippen LogP contribution < -0.4 is 0 Å². The number of hydrogen-bond donors (Lipinski definition) is 0. The highest BCUT2D eigenvalue weighted by molar-refractivity contribution is 7.08. The predicted molar refractivity (Wildman–Crippen MR) is 90.8 cm³/mol. The minimum absolute atomic E-state index is 0.0267. The zero-order chi connectivity index (χ0) is 15.3. The van der Waals surface area contributed by atoms with Crippen LogP contribution in [-0.2, 0) is 12.5 Å². The van der Waals surface area contributed by atoms with Crippen molar-refractivity contribution in [2.24, 2.45) is 7.05 Å². The van der Waals surface area contributed by atoms with E-state index in [1.807, 2.05) is 19.2 Å². The molecule has 2 heterocycles. The smallest absolute Gasteiger partial charge is 0.165 e. The van der Waals surface area contributed by atoms with Gasteiger partial charge in [0.15, 0.2) is 5.82 Å². The van der Waals surface area contributed by atoms with E-state index in [1.165, 1.54) is 5.56 Å². The molecule has 1 fully saturated rings. The average molecular weight is 350 g/mol. The summed E-state index contributed by atoms with van der Waals surface area (Å²) in [5, 5.41) is 14.4. The Kier molecular flexibility index (Phi) is 3.29. The third-order valence-electron chi connectivity index (χ3n) is 4.30. The number of hydrogen-bond acceptors (Lipinski definition) is 3. The van der Waals surface area contributed by atoms with Gasteiger partial charge in [-0.25, -0.2) is 0 Å². The molecule has 4 rings (SSSR count). The van der Waals surface area contributed by atoms with Crippen LogP contribution in [0.3, 0.4) is 0 Å². The first-order valence-electron chi connectivity index (χ1n) is 7.00. The van der Waals surface area contributed by atoms with E-state index >= 15 is 0 Å². The molecule has 0 spiro atoms. The molecule has 1 aromatic carbocycles. The maximum atomic E-state index is 6.31. The van der Waals surface area contributed by atoms with E-state index in [9.17, 15) is 0 Å². The summed E-state index contributed by atoms with van der Waals surface area (Å²) >= 11 is 14.0. The van der Waals surface area contributed by atoms with Crippen molar-refractivity contribution in [2.75, 3.05) is 0 Å². The lowest BCUT2D eigenvalue weighted by Crippen LogP contribution is -2.14. The van der Waals surface area contributed by atoms with E-state index in [4.69, 9.17) is 23.2 Å². The fourth-order valence-electron chi connectivity index (χ4n) is 2.95. The number of benzene rings is 1. The molecule has 0 amide bonds. The Morgan fingerprint density at radius 3 is 2.64 bits per heavy atom. The highest BCUT2D eigenvalue weighted by atomic mass is 35.5. The van der Waals surface area contributed by atoms with Gasteiger partial charge in [0.1, 0.15) is 5.82 Å². The number of thiophene rings is 1. The van der Waals surface area contributed by atoms with Gasteiger partial charge in [-0.2, -0.15) is 11.3 Å². The quantitative estimate of drug-likeness (QED) is 0.671. The Bertz CT molecular complexity index is 835. The largest absolute Gasteiger partial charge is 0.313 e. The van der Waals surface area contributed by atoms with Crippen LogP contribution in [-0.4, -0.2) is 14.8 Å². The Balaban J connectivity index is 1.81. The molecule has 1 saturated carbocycles. The van der Waals surface area contributed by atoms with Gasteiger partial charge in [0.25, 0.3) is 0 Å². The summed E-state index contributed by atoms with van der Waals surface area (Å²) in [6.45, 7) is 0. The molecule has 3 nitrogen and oxygen atoms in total. The van der Waals surface area contributed by atoms with Crippen molar-refractivity contribution in [3.63, 3.8) is 0 Å². The third kappa shape index (κ3) is 2.09. The van der Waals surface area contributed by atoms with Gasteiger partial charge >= 0.3 is 0 Å². The average Bonchev–Trinajstić information content (AvgIpc) is 2.94. The van der Waals surface area contributed by atoms with E-state index in [2.05, 4.69) is 31.6 Å². The SMILES string of the molecule is Cn1c(-c2ccc(Cl)cc2Cl)nnc1C1(c2ccsc2)CC1. The van der Waals surface area contributed by atoms with Gasteiger partial charge < -0.3 is 4.57 Å². The van der Waals surface area contributed by atoms with Crippen LogP contribution in [0.1, 0.15) is 24.2 Å². The van der Waals surface area contributed by atoms with Crippen LogP contribution in [0.2, 0.25) is 10.0 Å². The van der Waals surface area contributed by atoms with E-state index in [-0.39, 0.29) is 5.41 Å². The minimum Gasteiger partial charge on any atom is -0.313 e. The van der Waals surface area contributed by atoms with Crippen molar-refractivity contribution in [2.45, 2.75) is 18.3 Å². The van der Waals surface area contributed by atoms with Gasteiger partial charge in [-0.15, -0.1) is 10.2 Å². The van der Waals surface area contributed by atoms with E-state index in [0.717, 1.165) is 30.1 Å². The van der Waals surface area contributed by atoms with Crippen LogP contribution in [0.4, 0.5) is 0 Å². The van der Waals surface area contributed by atoms with Crippen LogP contribution in [0.5, 0.6) is 0 Å². The standard InChI is InChI=1S/C16H13Cl2N3S/c1-21-14(12-3-2-11(17)8-13(12)18)19-20-15(21)16(5-6-16)10-4-7-22-9-10/h2-4,7-9H,5-6H2,1H3. The summed E-state index contributed by atoms with van der Waals surface area (Å²) < 4.78 is 2.06. The first-order valence-corrected chi connectivity index (χ1v) is 8.70. The van der Waals surface area contributed by atoms with Gasteiger partial charge in [-0.3, -0.25) is 0 Å². The van der Waals surface area contributed by atoms with E-state index in [0.29, 0.717) is 10.0 Å². The Labute approximate surface area is 142 Å². The third-order valence-corrected chi connectivity index (χ3v) is 5.53. The second-order valence-electron chi connectivity index (χ2n) is 5.62. The highest BCUT2D eigenvalue weighted by Crippen LogP contribution is 2.53. The van der Waals surface area contributed by atoms with E-state index in [1.54, 1.807) is 17.4 Å². The lowest BCUT2D eigenvalue weighted by atomic mass is 9.98. The van der Waals surface area contributed by atoms with Crippen molar-refractivity contribution >= 4 is 34.5 Å². The molecule has 0 N–H and O–H groups in total. The summed E-state index contributed by atoms with van der Waals surface area (Å²) in [6.07, 6.45) is 2.23. The summed E-state index contributed by atoms with van der Waals surface area (Å²) in [4.78, 5) is 0. The summed E-state index contributed by atoms with van der Waals surface area (Å²) in [5.74, 6) is 1.78.